The Bertz CT molecular complexity index is 697. The van der Waals surface area contributed by atoms with Crippen LogP contribution in [0.5, 0.6) is 0 Å². The molecule has 3 aliphatic rings. The van der Waals surface area contributed by atoms with E-state index in [9.17, 15) is 4.79 Å². The third kappa shape index (κ3) is 1.54. The highest BCUT2D eigenvalue weighted by atomic mass is 35.5. The molecule has 0 atom stereocenters. The summed E-state index contributed by atoms with van der Waals surface area (Å²) in [6, 6.07) is 3.73. The molecule has 3 aliphatic carbocycles. The van der Waals surface area contributed by atoms with Crippen molar-refractivity contribution in [2.24, 2.45) is 5.92 Å². The Balaban J connectivity index is 1.68. The standard InChI is InChI=1S/C15H16ClN3O/c1-19(15-4-2-9(7-15)8-15)14(20)11-6-10-3-5-17-13(16)12(10)18-11/h3,5-6,9,18H,2,4,7-8H2,1H3. The molecule has 3 saturated carbocycles. The predicted octanol–water partition coefficient (Wildman–Crippen LogP) is 3.23. The van der Waals surface area contributed by atoms with E-state index in [-0.39, 0.29) is 11.4 Å². The van der Waals surface area contributed by atoms with Crippen LogP contribution in [0.1, 0.15) is 36.2 Å². The van der Waals surface area contributed by atoms with Gasteiger partial charge in [0, 0.05) is 24.2 Å². The van der Waals surface area contributed by atoms with Gasteiger partial charge in [-0.2, -0.15) is 0 Å². The fourth-order valence-electron chi connectivity index (χ4n) is 3.87. The van der Waals surface area contributed by atoms with E-state index in [4.69, 9.17) is 11.6 Å². The summed E-state index contributed by atoms with van der Waals surface area (Å²) in [6.45, 7) is 0. The van der Waals surface area contributed by atoms with Crippen LogP contribution in [0.4, 0.5) is 0 Å². The van der Waals surface area contributed by atoms with Gasteiger partial charge in [0.05, 0.1) is 5.52 Å². The van der Waals surface area contributed by atoms with Gasteiger partial charge in [-0.25, -0.2) is 4.98 Å². The number of aromatic amines is 1. The summed E-state index contributed by atoms with van der Waals surface area (Å²) >= 11 is 6.05. The molecule has 2 heterocycles. The molecular formula is C15H16ClN3O. The molecule has 5 rings (SSSR count). The van der Waals surface area contributed by atoms with Gasteiger partial charge in [0.25, 0.3) is 5.91 Å². The molecule has 20 heavy (non-hydrogen) atoms. The first-order valence-corrected chi connectivity index (χ1v) is 7.38. The van der Waals surface area contributed by atoms with Crippen molar-refractivity contribution in [2.75, 3.05) is 7.05 Å². The van der Waals surface area contributed by atoms with Gasteiger partial charge >= 0.3 is 0 Å². The Kier molecular flexibility index (Phi) is 2.43. The van der Waals surface area contributed by atoms with Gasteiger partial charge in [0.2, 0.25) is 0 Å². The molecule has 2 bridgehead atoms. The van der Waals surface area contributed by atoms with Crippen LogP contribution in [0.15, 0.2) is 18.3 Å². The molecule has 0 radical (unpaired) electrons. The predicted molar refractivity (Wildman–Crippen MR) is 77.9 cm³/mol. The number of carbonyl (C=O) groups excluding carboxylic acids is 1. The highest BCUT2D eigenvalue weighted by Crippen LogP contribution is 2.55. The van der Waals surface area contributed by atoms with Crippen molar-refractivity contribution in [3.63, 3.8) is 0 Å². The number of nitrogens with one attached hydrogen (secondary N) is 1. The summed E-state index contributed by atoms with van der Waals surface area (Å²) in [5.74, 6) is 0.893. The number of hydrogen-bond donors (Lipinski definition) is 1. The summed E-state index contributed by atoms with van der Waals surface area (Å²) in [4.78, 5) is 21.8. The molecule has 1 amide bonds. The quantitative estimate of drug-likeness (QED) is 0.863. The zero-order chi connectivity index (χ0) is 13.9. The van der Waals surface area contributed by atoms with Gasteiger partial charge in [0.1, 0.15) is 5.69 Å². The van der Waals surface area contributed by atoms with Crippen LogP contribution in [0.2, 0.25) is 5.15 Å². The normalized spacial score (nSPS) is 27.6. The number of H-pyrrole nitrogens is 1. The SMILES string of the molecule is CN(C(=O)c1cc2ccnc(Cl)c2[nH]1)C12CCC(C1)C2. The number of pyridine rings is 1. The van der Waals surface area contributed by atoms with Crippen molar-refractivity contribution >= 4 is 28.4 Å². The van der Waals surface area contributed by atoms with Crippen LogP contribution in [-0.2, 0) is 0 Å². The zero-order valence-corrected chi connectivity index (χ0v) is 12.1. The van der Waals surface area contributed by atoms with Crippen LogP contribution >= 0.6 is 11.6 Å². The minimum Gasteiger partial charge on any atom is -0.348 e. The van der Waals surface area contributed by atoms with E-state index in [0.29, 0.717) is 10.8 Å². The van der Waals surface area contributed by atoms with E-state index >= 15 is 0 Å². The van der Waals surface area contributed by atoms with Gasteiger partial charge in [-0.05, 0) is 43.7 Å². The maximum absolute atomic E-state index is 12.7. The Morgan fingerprint density at radius 1 is 1.55 bits per heavy atom. The van der Waals surface area contributed by atoms with E-state index in [1.165, 1.54) is 6.42 Å². The number of fused-ring (bicyclic) bond motifs is 2. The molecule has 0 spiro atoms. The van der Waals surface area contributed by atoms with Crippen LogP contribution in [0.25, 0.3) is 10.9 Å². The van der Waals surface area contributed by atoms with E-state index in [1.54, 1.807) is 6.20 Å². The van der Waals surface area contributed by atoms with Crippen molar-refractivity contribution < 1.29 is 4.79 Å². The number of hydrogen-bond acceptors (Lipinski definition) is 2. The van der Waals surface area contributed by atoms with Gasteiger partial charge in [-0.1, -0.05) is 11.6 Å². The number of halogens is 1. The minimum absolute atomic E-state index is 0.0533. The summed E-state index contributed by atoms with van der Waals surface area (Å²) in [6.07, 6.45) is 6.39. The van der Waals surface area contributed by atoms with Crippen molar-refractivity contribution in [2.45, 2.75) is 31.2 Å². The van der Waals surface area contributed by atoms with Crippen LogP contribution in [0.3, 0.4) is 0 Å². The first-order valence-electron chi connectivity index (χ1n) is 7.00. The van der Waals surface area contributed by atoms with Gasteiger partial charge in [-0.3, -0.25) is 4.79 Å². The fourth-order valence-corrected chi connectivity index (χ4v) is 4.08. The van der Waals surface area contributed by atoms with Crippen LogP contribution < -0.4 is 0 Å². The summed E-state index contributed by atoms with van der Waals surface area (Å²) in [7, 11) is 1.93. The van der Waals surface area contributed by atoms with E-state index in [0.717, 1.165) is 36.1 Å². The van der Waals surface area contributed by atoms with Crippen molar-refractivity contribution in [1.29, 1.82) is 0 Å². The molecule has 1 N–H and O–H groups in total. The Labute approximate surface area is 122 Å². The highest BCUT2D eigenvalue weighted by molar-refractivity contribution is 6.33. The third-order valence-corrected chi connectivity index (χ3v) is 5.38. The second-order valence-electron chi connectivity index (χ2n) is 6.15. The van der Waals surface area contributed by atoms with Crippen LogP contribution in [-0.4, -0.2) is 33.4 Å². The maximum Gasteiger partial charge on any atom is 0.270 e. The van der Waals surface area contributed by atoms with Gasteiger partial charge in [0.15, 0.2) is 5.15 Å². The monoisotopic (exact) mass is 289 g/mol. The molecule has 2 aromatic rings. The smallest absolute Gasteiger partial charge is 0.270 e. The Morgan fingerprint density at radius 2 is 2.35 bits per heavy atom. The Hall–Kier alpha value is -1.55. The number of rotatable bonds is 2. The number of aromatic nitrogens is 2. The first kappa shape index (κ1) is 12.2. The molecule has 4 nitrogen and oxygen atoms in total. The molecule has 104 valence electrons. The van der Waals surface area contributed by atoms with Crippen molar-refractivity contribution in [1.82, 2.24) is 14.9 Å². The molecule has 3 fully saturated rings. The van der Waals surface area contributed by atoms with E-state index in [2.05, 4.69) is 9.97 Å². The average molecular weight is 290 g/mol. The van der Waals surface area contributed by atoms with Gasteiger partial charge in [-0.15, -0.1) is 0 Å². The maximum atomic E-state index is 12.7. The summed E-state index contributed by atoms with van der Waals surface area (Å²) in [5, 5.41) is 1.34. The second kappa shape index (κ2) is 3.98. The number of nitrogens with zero attached hydrogens (tertiary/aromatic N) is 2. The Morgan fingerprint density at radius 3 is 3.00 bits per heavy atom. The number of carbonyl (C=O) groups is 1. The molecule has 0 aromatic carbocycles. The lowest BCUT2D eigenvalue weighted by molar-refractivity contribution is 0.0332. The lowest BCUT2D eigenvalue weighted by atomic mass is 9.76. The molecule has 0 aliphatic heterocycles. The largest absolute Gasteiger partial charge is 0.348 e. The summed E-state index contributed by atoms with van der Waals surface area (Å²) in [5.41, 5.74) is 1.45. The first-order chi connectivity index (χ1) is 9.59. The lowest BCUT2D eigenvalue weighted by Crippen LogP contribution is -2.52. The lowest BCUT2D eigenvalue weighted by Gasteiger charge is -2.45. The molecular weight excluding hydrogens is 274 g/mol. The highest BCUT2D eigenvalue weighted by Gasteiger charge is 2.54. The topological polar surface area (TPSA) is 49.0 Å². The van der Waals surface area contributed by atoms with Gasteiger partial charge < -0.3 is 9.88 Å². The van der Waals surface area contributed by atoms with Crippen LogP contribution in [0, 0.1) is 5.92 Å². The second-order valence-corrected chi connectivity index (χ2v) is 6.51. The zero-order valence-electron chi connectivity index (χ0n) is 11.3. The number of amides is 1. The minimum atomic E-state index is 0.0533. The van der Waals surface area contributed by atoms with E-state index in [1.807, 2.05) is 24.1 Å². The molecule has 2 aromatic heterocycles. The molecule has 0 unspecified atom stereocenters. The average Bonchev–Trinajstić information content (AvgIpc) is 3.09. The van der Waals surface area contributed by atoms with Crippen molar-refractivity contribution in [3.8, 4) is 0 Å². The van der Waals surface area contributed by atoms with E-state index < -0.39 is 0 Å². The third-order valence-electron chi connectivity index (χ3n) is 5.10. The van der Waals surface area contributed by atoms with Crippen molar-refractivity contribution in [3.05, 3.63) is 29.2 Å². The fraction of sp³-hybridized carbons (Fsp3) is 0.467. The molecule has 0 saturated heterocycles. The molecule has 5 heteroatoms. The summed E-state index contributed by atoms with van der Waals surface area (Å²) < 4.78 is 0.